The minimum atomic E-state index is -3.84. The summed E-state index contributed by atoms with van der Waals surface area (Å²) in [4.78, 5) is -0.0281. The first-order chi connectivity index (χ1) is 9.97. The number of hydrogen-bond donors (Lipinski definition) is 2. The van der Waals surface area contributed by atoms with Gasteiger partial charge in [0, 0.05) is 6.07 Å². The second kappa shape index (κ2) is 6.06. The normalized spacial score (nSPS) is 12.9. The summed E-state index contributed by atoms with van der Waals surface area (Å²) in [6.45, 7) is 1.61. The molecule has 0 aliphatic heterocycles. The van der Waals surface area contributed by atoms with Crippen molar-refractivity contribution in [1.29, 1.82) is 0 Å². The molecule has 2 aromatic rings. The van der Waals surface area contributed by atoms with Crippen LogP contribution in [0.15, 0.2) is 23.1 Å². The predicted octanol–water partition coefficient (Wildman–Crippen LogP) is 0.256. The Morgan fingerprint density at radius 1 is 1.29 bits per heavy atom. The van der Waals surface area contributed by atoms with Gasteiger partial charge in [-0.3, -0.25) is 0 Å². The first-order valence-electron chi connectivity index (χ1n) is 5.95. The molecule has 0 saturated carbocycles. The molecular weight excluding hydrogens is 298 g/mol. The van der Waals surface area contributed by atoms with Crippen molar-refractivity contribution in [3.8, 4) is 11.5 Å². The van der Waals surface area contributed by atoms with Crippen LogP contribution < -0.4 is 14.2 Å². The molecule has 0 aliphatic rings. The van der Waals surface area contributed by atoms with Gasteiger partial charge in [0.2, 0.25) is 10.0 Å². The van der Waals surface area contributed by atoms with Crippen LogP contribution in [0.4, 0.5) is 0 Å². The zero-order chi connectivity index (χ0) is 15.5. The molecule has 2 N–H and O–H groups in total. The number of hydrogen-bond acceptors (Lipinski definition) is 7. The lowest BCUT2D eigenvalue weighted by atomic mass is 10.3. The van der Waals surface area contributed by atoms with Gasteiger partial charge in [0.25, 0.3) is 0 Å². The van der Waals surface area contributed by atoms with Gasteiger partial charge >= 0.3 is 0 Å². The van der Waals surface area contributed by atoms with Crippen molar-refractivity contribution in [2.75, 3.05) is 14.2 Å². The van der Waals surface area contributed by atoms with Gasteiger partial charge in [-0.25, -0.2) is 13.1 Å². The van der Waals surface area contributed by atoms with Gasteiger partial charge in [0.05, 0.1) is 20.3 Å². The topological polar surface area (TPSA) is 119 Å². The largest absolute Gasteiger partial charge is 0.497 e. The highest BCUT2D eigenvalue weighted by Crippen LogP contribution is 2.28. The average Bonchev–Trinajstić information content (AvgIpc) is 3.00. The van der Waals surface area contributed by atoms with Gasteiger partial charge in [-0.15, -0.1) is 10.2 Å². The number of benzene rings is 1. The van der Waals surface area contributed by atoms with E-state index in [1.54, 1.807) is 13.0 Å². The highest BCUT2D eigenvalue weighted by molar-refractivity contribution is 7.89. The monoisotopic (exact) mass is 313 g/mol. The summed E-state index contributed by atoms with van der Waals surface area (Å²) in [7, 11) is -0.993. The fraction of sp³-hybridized carbons (Fsp3) is 0.364. The molecule has 9 nitrogen and oxygen atoms in total. The lowest BCUT2D eigenvalue weighted by molar-refractivity contribution is 0.391. The lowest BCUT2D eigenvalue weighted by Crippen LogP contribution is -2.28. The Labute approximate surface area is 121 Å². The second-order valence-electron chi connectivity index (χ2n) is 4.13. The fourth-order valence-corrected chi connectivity index (χ4v) is 3.08. The van der Waals surface area contributed by atoms with E-state index in [1.807, 2.05) is 0 Å². The molecule has 0 saturated heterocycles. The van der Waals surface area contributed by atoms with Gasteiger partial charge < -0.3 is 9.47 Å². The van der Waals surface area contributed by atoms with E-state index in [-0.39, 0.29) is 16.5 Å². The van der Waals surface area contributed by atoms with E-state index in [4.69, 9.17) is 9.47 Å². The summed E-state index contributed by atoms with van der Waals surface area (Å²) in [5, 5.41) is 13.1. The minimum Gasteiger partial charge on any atom is -0.497 e. The van der Waals surface area contributed by atoms with E-state index in [2.05, 4.69) is 25.3 Å². The van der Waals surface area contributed by atoms with Crippen LogP contribution in [0.1, 0.15) is 18.8 Å². The van der Waals surface area contributed by atoms with Crippen LogP contribution in [0.25, 0.3) is 0 Å². The Morgan fingerprint density at radius 3 is 2.62 bits per heavy atom. The summed E-state index contributed by atoms with van der Waals surface area (Å²) in [6, 6.07) is 3.86. The van der Waals surface area contributed by atoms with Crippen molar-refractivity contribution in [2.45, 2.75) is 17.9 Å². The summed E-state index contributed by atoms with van der Waals surface area (Å²) in [6.07, 6.45) is 0. The number of nitrogens with zero attached hydrogens (tertiary/aromatic N) is 3. The summed E-state index contributed by atoms with van der Waals surface area (Å²) in [5.74, 6) is 0.854. The van der Waals surface area contributed by atoms with E-state index < -0.39 is 16.1 Å². The van der Waals surface area contributed by atoms with Crippen LogP contribution in [0.3, 0.4) is 0 Å². The van der Waals surface area contributed by atoms with Crippen molar-refractivity contribution in [2.24, 2.45) is 0 Å². The molecular formula is C11H15N5O4S. The zero-order valence-corrected chi connectivity index (χ0v) is 12.5. The van der Waals surface area contributed by atoms with Crippen molar-refractivity contribution in [1.82, 2.24) is 25.3 Å². The van der Waals surface area contributed by atoms with Crippen molar-refractivity contribution in [3.05, 3.63) is 24.0 Å². The molecule has 21 heavy (non-hydrogen) atoms. The Morgan fingerprint density at radius 2 is 2.05 bits per heavy atom. The molecule has 1 heterocycles. The molecule has 0 bridgehead atoms. The number of sulfonamides is 1. The molecule has 10 heteroatoms. The molecule has 1 aromatic carbocycles. The Hall–Kier alpha value is -2.20. The number of nitrogens with one attached hydrogen (secondary N) is 2. The first kappa shape index (κ1) is 15.2. The van der Waals surface area contributed by atoms with E-state index in [1.165, 1.54) is 26.4 Å². The number of methoxy groups -OCH3 is 2. The molecule has 0 spiro atoms. The summed E-state index contributed by atoms with van der Waals surface area (Å²) in [5.41, 5.74) is 0. The number of aromatic nitrogens is 4. The molecule has 1 atom stereocenters. The zero-order valence-electron chi connectivity index (χ0n) is 11.7. The van der Waals surface area contributed by atoms with Crippen LogP contribution in [-0.2, 0) is 10.0 Å². The smallest absolute Gasteiger partial charge is 0.245 e. The van der Waals surface area contributed by atoms with E-state index >= 15 is 0 Å². The second-order valence-corrected chi connectivity index (χ2v) is 5.81. The molecule has 114 valence electrons. The van der Waals surface area contributed by atoms with Gasteiger partial charge in [-0.1, -0.05) is 5.21 Å². The third-order valence-corrected chi connectivity index (χ3v) is 4.30. The molecule has 0 amide bonds. The Kier molecular flexibility index (Phi) is 4.38. The van der Waals surface area contributed by atoms with Crippen LogP contribution in [-0.4, -0.2) is 43.3 Å². The Balaban J connectivity index is 2.34. The number of H-pyrrole nitrogens is 1. The first-order valence-corrected chi connectivity index (χ1v) is 7.44. The highest BCUT2D eigenvalue weighted by Gasteiger charge is 2.24. The fourth-order valence-electron chi connectivity index (χ4n) is 1.70. The standard InChI is InChI=1S/C11H15N5O4S/c1-7(11-12-15-16-13-11)14-21(17,18)10-6-8(19-2)4-5-9(10)20-3/h4-7,14H,1-3H3,(H,12,13,15,16). The Bertz CT molecular complexity index is 701. The summed E-state index contributed by atoms with van der Waals surface area (Å²) < 4.78 is 37.5. The molecule has 1 unspecified atom stereocenters. The maximum atomic E-state index is 12.5. The average molecular weight is 313 g/mol. The highest BCUT2D eigenvalue weighted by atomic mass is 32.2. The summed E-state index contributed by atoms with van der Waals surface area (Å²) >= 11 is 0. The maximum Gasteiger partial charge on any atom is 0.245 e. The maximum absolute atomic E-state index is 12.5. The van der Waals surface area contributed by atoms with E-state index in [0.29, 0.717) is 5.75 Å². The van der Waals surface area contributed by atoms with Gasteiger partial charge in [-0.05, 0) is 19.1 Å². The number of rotatable bonds is 6. The number of aromatic amines is 1. The predicted molar refractivity (Wildman–Crippen MR) is 72.5 cm³/mol. The quantitative estimate of drug-likeness (QED) is 0.784. The van der Waals surface area contributed by atoms with Gasteiger partial charge in [-0.2, -0.15) is 5.21 Å². The van der Waals surface area contributed by atoms with Gasteiger partial charge in [0.15, 0.2) is 5.82 Å². The van der Waals surface area contributed by atoms with E-state index in [9.17, 15) is 8.42 Å². The van der Waals surface area contributed by atoms with Crippen LogP contribution in [0.5, 0.6) is 11.5 Å². The van der Waals surface area contributed by atoms with Crippen LogP contribution in [0.2, 0.25) is 0 Å². The van der Waals surface area contributed by atoms with Crippen molar-refractivity contribution < 1.29 is 17.9 Å². The van der Waals surface area contributed by atoms with E-state index in [0.717, 1.165) is 0 Å². The van der Waals surface area contributed by atoms with Crippen molar-refractivity contribution in [3.63, 3.8) is 0 Å². The number of tetrazole rings is 1. The van der Waals surface area contributed by atoms with Crippen molar-refractivity contribution >= 4 is 10.0 Å². The van der Waals surface area contributed by atoms with Gasteiger partial charge in [0.1, 0.15) is 16.4 Å². The lowest BCUT2D eigenvalue weighted by Gasteiger charge is -2.14. The van der Waals surface area contributed by atoms with Crippen LogP contribution in [0, 0.1) is 0 Å². The molecule has 2 rings (SSSR count). The minimum absolute atomic E-state index is 0.0281. The molecule has 0 radical (unpaired) electrons. The SMILES string of the molecule is COc1ccc(OC)c(S(=O)(=O)NC(C)c2nn[nH]n2)c1. The third kappa shape index (κ3) is 3.28. The molecule has 1 aromatic heterocycles. The molecule has 0 fully saturated rings. The third-order valence-electron chi connectivity index (χ3n) is 2.74. The number of ether oxygens (including phenoxy) is 2. The van der Waals surface area contributed by atoms with Crippen LogP contribution >= 0.6 is 0 Å². The molecule has 0 aliphatic carbocycles.